The summed E-state index contributed by atoms with van der Waals surface area (Å²) in [5.41, 5.74) is 1.50. The summed E-state index contributed by atoms with van der Waals surface area (Å²) < 4.78 is 13.0. The average molecular weight is 425 g/mol. The molecule has 0 fully saturated rings. The van der Waals surface area contributed by atoms with Gasteiger partial charge in [-0.1, -0.05) is 46.3 Å². The maximum Gasteiger partial charge on any atom is 0.241 e. The quantitative estimate of drug-likeness (QED) is 0.274. The summed E-state index contributed by atoms with van der Waals surface area (Å²) in [6, 6.07) is 0. The van der Waals surface area contributed by atoms with Crippen molar-refractivity contribution in [3.8, 4) is 0 Å². The van der Waals surface area contributed by atoms with Gasteiger partial charge in [0.15, 0.2) is 8.32 Å². The van der Waals surface area contributed by atoms with E-state index in [2.05, 4.69) is 86.4 Å². The fourth-order valence-electron chi connectivity index (χ4n) is 3.41. The molecule has 164 valence electrons. The van der Waals surface area contributed by atoms with Gasteiger partial charge in [0.25, 0.3) is 0 Å². The van der Waals surface area contributed by atoms with Crippen molar-refractivity contribution in [1.29, 1.82) is 0 Å². The first-order valence-electron chi connectivity index (χ1n) is 11.3. The van der Waals surface area contributed by atoms with Gasteiger partial charge in [-0.2, -0.15) is 0 Å². The average Bonchev–Trinajstić information content (AvgIpc) is 2.50. The van der Waals surface area contributed by atoms with Gasteiger partial charge in [-0.3, -0.25) is 0 Å². The summed E-state index contributed by atoms with van der Waals surface area (Å²) in [5, 5.41) is 0.265. The van der Waals surface area contributed by atoms with Crippen LogP contribution in [0.3, 0.4) is 0 Å². The van der Waals surface area contributed by atoms with Gasteiger partial charge in [0.1, 0.15) is 0 Å². The molecule has 0 bridgehead atoms. The van der Waals surface area contributed by atoms with E-state index in [1.807, 2.05) is 0 Å². The van der Waals surface area contributed by atoms with Crippen LogP contribution in [0.2, 0.25) is 37.8 Å². The molecule has 0 unspecified atom stereocenters. The molecule has 0 aromatic rings. The minimum Gasteiger partial charge on any atom is -0.548 e. The van der Waals surface area contributed by atoms with Crippen molar-refractivity contribution >= 4 is 16.6 Å². The Labute approximate surface area is 178 Å². The Morgan fingerprint density at radius 1 is 1.18 bits per heavy atom. The lowest BCUT2D eigenvalue weighted by Gasteiger charge is -2.39. The second-order valence-electron chi connectivity index (χ2n) is 11.7. The van der Waals surface area contributed by atoms with Crippen LogP contribution in [0.5, 0.6) is 0 Å². The molecule has 0 saturated carbocycles. The molecular weight excluding hydrogens is 376 g/mol. The highest BCUT2D eigenvalue weighted by molar-refractivity contribution is 6.74. The second-order valence-corrected chi connectivity index (χ2v) is 20.9. The third-order valence-electron chi connectivity index (χ3n) is 6.27. The fourth-order valence-corrected chi connectivity index (χ4v) is 5.43. The first-order chi connectivity index (χ1) is 12.6. The molecular formula is C24H48O2Si2. The van der Waals surface area contributed by atoms with Gasteiger partial charge in [0, 0.05) is 18.9 Å². The molecule has 0 aromatic carbocycles. The third kappa shape index (κ3) is 8.58. The number of hydrogen-bond donors (Lipinski definition) is 0. The lowest BCUT2D eigenvalue weighted by molar-refractivity contribution is 0.184. The molecule has 0 heterocycles. The summed E-state index contributed by atoms with van der Waals surface area (Å²) in [5.74, 6) is 3.01. The standard InChI is InChI=1S/C24H48O2Si2/c1-19(2)13-12-14-20(3)23-17-22(26-27(7,8)9)16-15-21(23)18-25-28(10,11)24(4,5)6/h14,17,19,21,23H,12-13,15-16,18H2,1-11H3/b20-14+/t21-,23-/m1/s1. The predicted octanol–water partition coefficient (Wildman–Crippen LogP) is 8.15. The lowest BCUT2D eigenvalue weighted by atomic mass is 9.79. The van der Waals surface area contributed by atoms with Gasteiger partial charge < -0.3 is 8.85 Å². The van der Waals surface area contributed by atoms with E-state index < -0.39 is 16.6 Å². The van der Waals surface area contributed by atoms with Crippen molar-refractivity contribution in [2.75, 3.05) is 6.61 Å². The Hall–Kier alpha value is -0.326. The summed E-state index contributed by atoms with van der Waals surface area (Å²) in [6.07, 6.45) is 9.57. The van der Waals surface area contributed by atoms with Gasteiger partial charge >= 0.3 is 0 Å². The van der Waals surface area contributed by atoms with E-state index in [-0.39, 0.29) is 5.04 Å². The number of rotatable bonds is 9. The maximum absolute atomic E-state index is 6.64. The number of hydrogen-bond acceptors (Lipinski definition) is 2. The van der Waals surface area contributed by atoms with Crippen LogP contribution < -0.4 is 0 Å². The molecule has 0 N–H and O–H groups in total. The molecule has 0 spiro atoms. The van der Waals surface area contributed by atoms with E-state index in [1.54, 1.807) is 0 Å². The van der Waals surface area contributed by atoms with Crippen LogP contribution in [0.4, 0.5) is 0 Å². The first-order valence-corrected chi connectivity index (χ1v) is 17.6. The topological polar surface area (TPSA) is 18.5 Å². The minimum absolute atomic E-state index is 0.265. The minimum atomic E-state index is -1.71. The van der Waals surface area contributed by atoms with Crippen molar-refractivity contribution in [3.05, 3.63) is 23.5 Å². The fraction of sp³-hybridized carbons (Fsp3) is 0.833. The Morgan fingerprint density at radius 2 is 1.79 bits per heavy atom. The normalized spacial score (nSPS) is 22.4. The van der Waals surface area contributed by atoms with E-state index in [9.17, 15) is 0 Å². The van der Waals surface area contributed by atoms with Crippen molar-refractivity contribution in [2.24, 2.45) is 17.8 Å². The van der Waals surface area contributed by atoms with Crippen LogP contribution in [0.25, 0.3) is 0 Å². The molecule has 0 aliphatic heterocycles. The monoisotopic (exact) mass is 424 g/mol. The smallest absolute Gasteiger partial charge is 0.241 e. The van der Waals surface area contributed by atoms with Crippen molar-refractivity contribution < 1.29 is 8.85 Å². The van der Waals surface area contributed by atoms with Crippen LogP contribution in [0.15, 0.2) is 23.5 Å². The van der Waals surface area contributed by atoms with Crippen molar-refractivity contribution in [3.63, 3.8) is 0 Å². The second kappa shape index (κ2) is 10.1. The van der Waals surface area contributed by atoms with Crippen molar-refractivity contribution in [2.45, 2.75) is 105 Å². The SMILES string of the molecule is C/C(=C\CCC(C)C)[C@H]1C=C(O[Si](C)(C)C)CC[C@@H]1CO[Si](C)(C)C(C)(C)C. The van der Waals surface area contributed by atoms with Crippen LogP contribution in [0, 0.1) is 17.8 Å². The molecule has 28 heavy (non-hydrogen) atoms. The maximum atomic E-state index is 6.64. The summed E-state index contributed by atoms with van der Waals surface area (Å²) in [4.78, 5) is 0. The first kappa shape index (κ1) is 25.7. The van der Waals surface area contributed by atoms with Gasteiger partial charge in [-0.05, 0) is 81.9 Å². The highest BCUT2D eigenvalue weighted by Crippen LogP contribution is 2.40. The van der Waals surface area contributed by atoms with E-state index in [1.165, 1.54) is 30.6 Å². The third-order valence-corrected chi connectivity index (χ3v) is 11.6. The van der Waals surface area contributed by atoms with Gasteiger partial charge in [0.05, 0.1) is 5.76 Å². The molecule has 2 atom stereocenters. The Morgan fingerprint density at radius 3 is 2.29 bits per heavy atom. The summed E-state index contributed by atoms with van der Waals surface area (Å²) in [6.45, 7) is 26.4. The zero-order chi connectivity index (χ0) is 21.8. The van der Waals surface area contributed by atoms with Gasteiger partial charge in [-0.15, -0.1) is 0 Å². The largest absolute Gasteiger partial charge is 0.548 e. The van der Waals surface area contributed by atoms with E-state index in [0.717, 1.165) is 18.9 Å². The highest BCUT2D eigenvalue weighted by atomic mass is 28.4. The Bertz CT molecular complexity index is 548. The Balaban J connectivity index is 2.97. The summed E-state index contributed by atoms with van der Waals surface area (Å²) in [7, 11) is -3.27. The molecule has 4 heteroatoms. The van der Waals surface area contributed by atoms with Crippen LogP contribution >= 0.6 is 0 Å². The zero-order valence-electron chi connectivity index (χ0n) is 20.7. The molecule has 2 nitrogen and oxygen atoms in total. The van der Waals surface area contributed by atoms with Crippen LogP contribution in [0.1, 0.15) is 67.2 Å². The molecule has 1 aliphatic rings. The van der Waals surface area contributed by atoms with Gasteiger partial charge in [0.2, 0.25) is 8.32 Å². The Kier molecular flexibility index (Phi) is 9.30. The van der Waals surface area contributed by atoms with Crippen LogP contribution in [-0.4, -0.2) is 23.2 Å². The van der Waals surface area contributed by atoms with E-state index in [4.69, 9.17) is 8.85 Å². The molecule has 0 saturated heterocycles. The molecule has 0 aromatic heterocycles. The molecule has 0 radical (unpaired) electrons. The molecule has 0 amide bonds. The zero-order valence-corrected chi connectivity index (χ0v) is 22.7. The highest BCUT2D eigenvalue weighted by Gasteiger charge is 2.39. The van der Waals surface area contributed by atoms with E-state index in [0.29, 0.717) is 11.8 Å². The van der Waals surface area contributed by atoms with Crippen molar-refractivity contribution in [1.82, 2.24) is 0 Å². The number of allylic oxidation sites excluding steroid dienone is 4. The predicted molar refractivity (Wildman–Crippen MR) is 130 cm³/mol. The lowest BCUT2D eigenvalue weighted by Crippen LogP contribution is -2.43. The van der Waals surface area contributed by atoms with Crippen LogP contribution in [-0.2, 0) is 8.85 Å². The molecule has 1 rings (SSSR count). The summed E-state index contributed by atoms with van der Waals surface area (Å²) >= 11 is 0. The molecule has 1 aliphatic carbocycles. The van der Waals surface area contributed by atoms with E-state index >= 15 is 0 Å². The van der Waals surface area contributed by atoms with Gasteiger partial charge in [-0.25, -0.2) is 0 Å².